The van der Waals surface area contributed by atoms with Crippen LogP contribution in [0.4, 0.5) is 5.69 Å². The second-order valence-corrected chi connectivity index (χ2v) is 6.24. The molecular weight excluding hydrogens is 288 g/mol. The highest BCUT2D eigenvalue weighted by Gasteiger charge is 2.52. The standard InChI is InChI=1S/C19H18N2O2/c22-18-16-12-20(11-14-7-3-1-4-8-14)13-17(16)19(23)21(18)15-9-5-2-6-10-15/h1-10,16-17H,11-13H2/t16-,17-/m0/s1. The van der Waals surface area contributed by atoms with Crippen molar-refractivity contribution in [2.45, 2.75) is 6.54 Å². The number of carbonyl (C=O) groups excluding carboxylic acids is 2. The Kier molecular flexibility index (Phi) is 3.46. The summed E-state index contributed by atoms with van der Waals surface area (Å²) < 4.78 is 0. The van der Waals surface area contributed by atoms with Crippen LogP contribution in [0.1, 0.15) is 5.56 Å². The van der Waals surface area contributed by atoms with Gasteiger partial charge in [-0.1, -0.05) is 48.5 Å². The zero-order valence-electron chi connectivity index (χ0n) is 12.8. The molecule has 0 aliphatic carbocycles. The molecule has 0 bridgehead atoms. The van der Waals surface area contributed by atoms with Crippen LogP contribution in [0.15, 0.2) is 60.7 Å². The fourth-order valence-electron chi connectivity index (χ4n) is 3.63. The van der Waals surface area contributed by atoms with E-state index >= 15 is 0 Å². The molecule has 2 amide bonds. The van der Waals surface area contributed by atoms with Crippen LogP contribution >= 0.6 is 0 Å². The first-order valence-corrected chi connectivity index (χ1v) is 7.93. The predicted molar refractivity (Wildman–Crippen MR) is 87.6 cm³/mol. The lowest BCUT2D eigenvalue weighted by Gasteiger charge is -2.20. The number of hydrogen-bond acceptors (Lipinski definition) is 3. The summed E-state index contributed by atoms with van der Waals surface area (Å²) in [6.45, 7) is 2.11. The van der Waals surface area contributed by atoms with Crippen molar-refractivity contribution in [2.75, 3.05) is 18.0 Å². The zero-order chi connectivity index (χ0) is 15.8. The van der Waals surface area contributed by atoms with E-state index in [0.717, 1.165) is 6.54 Å². The Hall–Kier alpha value is -2.46. The number of rotatable bonds is 3. The maximum absolute atomic E-state index is 12.7. The van der Waals surface area contributed by atoms with Crippen molar-refractivity contribution in [1.29, 1.82) is 0 Å². The van der Waals surface area contributed by atoms with E-state index in [0.29, 0.717) is 18.8 Å². The molecule has 2 heterocycles. The van der Waals surface area contributed by atoms with Crippen LogP contribution in [0.25, 0.3) is 0 Å². The highest BCUT2D eigenvalue weighted by Crippen LogP contribution is 2.36. The molecule has 2 atom stereocenters. The van der Waals surface area contributed by atoms with Gasteiger partial charge in [-0.25, -0.2) is 4.90 Å². The summed E-state index contributed by atoms with van der Waals surface area (Å²) in [5, 5.41) is 0. The smallest absolute Gasteiger partial charge is 0.239 e. The molecule has 2 aromatic rings. The molecule has 4 rings (SSSR count). The first kappa shape index (κ1) is 14.2. The number of para-hydroxylation sites is 1. The van der Waals surface area contributed by atoms with Gasteiger partial charge in [-0.2, -0.15) is 0 Å². The maximum atomic E-state index is 12.7. The van der Waals surface area contributed by atoms with E-state index in [1.807, 2.05) is 48.5 Å². The van der Waals surface area contributed by atoms with Crippen LogP contribution in [-0.2, 0) is 16.1 Å². The van der Waals surface area contributed by atoms with Gasteiger partial charge in [0, 0.05) is 19.6 Å². The van der Waals surface area contributed by atoms with Crippen LogP contribution in [0.2, 0.25) is 0 Å². The molecule has 0 spiro atoms. The first-order chi connectivity index (χ1) is 11.2. The molecule has 116 valence electrons. The van der Waals surface area contributed by atoms with E-state index in [4.69, 9.17) is 0 Å². The maximum Gasteiger partial charge on any atom is 0.239 e. The number of amides is 2. The molecule has 0 saturated carbocycles. The molecular formula is C19H18N2O2. The number of imide groups is 1. The van der Waals surface area contributed by atoms with E-state index in [-0.39, 0.29) is 23.7 Å². The lowest BCUT2D eigenvalue weighted by atomic mass is 10.00. The molecule has 2 aromatic carbocycles. The Morgan fingerprint density at radius 2 is 1.30 bits per heavy atom. The quantitative estimate of drug-likeness (QED) is 0.817. The van der Waals surface area contributed by atoms with Gasteiger partial charge < -0.3 is 0 Å². The van der Waals surface area contributed by atoms with Crippen LogP contribution in [-0.4, -0.2) is 29.8 Å². The Labute approximate surface area is 135 Å². The molecule has 0 unspecified atom stereocenters. The third kappa shape index (κ3) is 2.45. The van der Waals surface area contributed by atoms with Gasteiger partial charge in [-0.15, -0.1) is 0 Å². The van der Waals surface area contributed by atoms with Crippen molar-refractivity contribution in [2.24, 2.45) is 11.8 Å². The SMILES string of the molecule is O=C1[C@H]2CN(Cc3ccccc3)C[C@@H]2C(=O)N1c1ccccc1. The van der Waals surface area contributed by atoms with Crippen LogP contribution in [0.3, 0.4) is 0 Å². The zero-order valence-corrected chi connectivity index (χ0v) is 12.8. The van der Waals surface area contributed by atoms with Gasteiger partial charge in [0.2, 0.25) is 11.8 Å². The normalized spacial score (nSPS) is 24.3. The van der Waals surface area contributed by atoms with Crippen LogP contribution in [0.5, 0.6) is 0 Å². The second-order valence-electron chi connectivity index (χ2n) is 6.24. The molecule has 2 saturated heterocycles. The van der Waals surface area contributed by atoms with Gasteiger partial charge in [-0.3, -0.25) is 14.5 Å². The minimum absolute atomic E-state index is 0.0539. The summed E-state index contributed by atoms with van der Waals surface area (Å²) in [6.07, 6.45) is 0. The number of anilines is 1. The largest absolute Gasteiger partial charge is 0.297 e. The highest BCUT2D eigenvalue weighted by atomic mass is 16.2. The Morgan fingerprint density at radius 1 is 0.783 bits per heavy atom. The summed E-state index contributed by atoms with van der Waals surface area (Å²) in [4.78, 5) is 28.9. The molecule has 0 aromatic heterocycles. The van der Waals surface area contributed by atoms with Crippen molar-refractivity contribution in [1.82, 2.24) is 4.90 Å². The predicted octanol–water partition coefficient (Wildman–Crippen LogP) is 2.31. The van der Waals surface area contributed by atoms with Gasteiger partial charge >= 0.3 is 0 Å². The third-order valence-electron chi connectivity index (χ3n) is 4.73. The number of nitrogens with zero attached hydrogens (tertiary/aromatic N) is 2. The van der Waals surface area contributed by atoms with Crippen molar-refractivity contribution >= 4 is 17.5 Å². The van der Waals surface area contributed by atoms with Gasteiger partial charge in [0.15, 0.2) is 0 Å². The molecule has 2 aliphatic rings. The summed E-state index contributed by atoms with van der Waals surface area (Å²) in [5.41, 5.74) is 1.90. The van der Waals surface area contributed by atoms with Gasteiger partial charge in [0.25, 0.3) is 0 Å². The van der Waals surface area contributed by atoms with Crippen molar-refractivity contribution in [3.8, 4) is 0 Å². The molecule has 2 fully saturated rings. The number of fused-ring (bicyclic) bond motifs is 1. The average molecular weight is 306 g/mol. The van der Waals surface area contributed by atoms with E-state index < -0.39 is 0 Å². The summed E-state index contributed by atoms with van der Waals surface area (Å²) >= 11 is 0. The summed E-state index contributed by atoms with van der Waals surface area (Å²) in [6, 6.07) is 19.4. The topological polar surface area (TPSA) is 40.6 Å². The van der Waals surface area contributed by atoms with Crippen molar-refractivity contribution in [3.05, 3.63) is 66.2 Å². The van der Waals surface area contributed by atoms with Gasteiger partial charge in [-0.05, 0) is 17.7 Å². The first-order valence-electron chi connectivity index (χ1n) is 7.93. The Balaban J connectivity index is 1.51. The molecule has 23 heavy (non-hydrogen) atoms. The Morgan fingerprint density at radius 3 is 1.87 bits per heavy atom. The van der Waals surface area contributed by atoms with Crippen molar-refractivity contribution in [3.63, 3.8) is 0 Å². The molecule has 0 N–H and O–H groups in total. The van der Waals surface area contributed by atoms with Gasteiger partial charge in [0.05, 0.1) is 17.5 Å². The van der Waals surface area contributed by atoms with Gasteiger partial charge in [0.1, 0.15) is 0 Å². The molecule has 0 radical (unpaired) electrons. The fourth-order valence-corrected chi connectivity index (χ4v) is 3.63. The summed E-state index contributed by atoms with van der Waals surface area (Å²) in [7, 11) is 0. The van der Waals surface area contributed by atoms with E-state index in [1.165, 1.54) is 10.5 Å². The molecule has 4 nitrogen and oxygen atoms in total. The van der Waals surface area contributed by atoms with Crippen molar-refractivity contribution < 1.29 is 9.59 Å². The van der Waals surface area contributed by atoms with E-state index in [9.17, 15) is 9.59 Å². The summed E-state index contributed by atoms with van der Waals surface area (Å²) in [5.74, 6) is -0.513. The second kappa shape index (κ2) is 5.63. The molecule has 4 heteroatoms. The monoisotopic (exact) mass is 306 g/mol. The van der Waals surface area contributed by atoms with E-state index in [1.54, 1.807) is 0 Å². The Bertz CT molecular complexity index is 706. The number of benzene rings is 2. The molecule has 2 aliphatic heterocycles. The lowest BCUT2D eigenvalue weighted by molar-refractivity contribution is -0.123. The van der Waals surface area contributed by atoms with Crippen LogP contribution < -0.4 is 4.90 Å². The number of carbonyl (C=O) groups is 2. The highest BCUT2D eigenvalue weighted by molar-refractivity contribution is 6.22. The van der Waals surface area contributed by atoms with E-state index in [2.05, 4.69) is 17.0 Å². The minimum Gasteiger partial charge on any atom is -0.297 e. The average Bonchev–Trinajstić information content (AvgIpc) is 3.09. The third-order valence-corrected chi connectivity index (χ3v) is 4.73. The fraction of sp³-hybridized carbons (Fsp3) is 0.263. The lowest BCUT2D eigenvalue weighted by Crippen LogP contribution is -2.35. The minimum atomic E-state index is -0.202. The number of likely N-dealkylation sites (tertiary alicyclic amines) is 1. The number of hydrogen-bond donors (Lipinski definition) is 0. The van der Waals surface area contributed by atoms with Crippen LogP contribution in [0, 0.1) is 11.8 Å².